The number of piperidine rings is 3. The third-order valence-corrected chi connectivity index (χ3v) is 10.8. The molecule has 2 atom stereocenters. The Hall–Kier alpha value is -4.02. The smallest absolute Gasteiger partial charge is 0.346 e. The predicted octanol–water partition coefficient (Wildman–Crippen LogP) is 6.92. The number of nitrogens with zero attached hydrogens (tertiary/aromatic N) is 3. The van der Waals surface area contributed by atoms with Gasteiger partial charge in [0.15, 0.2) is 0 Å². The lowest BCUT2D eigenvalue weighted by Gasteiger charge is -2.55. The number of alkyl halides is 3. The predicted molar refractivity (Wildman–Crippen MR) is 185 cm³/mol. The maximum absolute atomic E-state index is 13.9. The highest BCUT2D eigenvalue weighted by molar-refractivity contribution is 7.80. The molecule has 3 aromatic rings. The van der Waals surface area contributed by atoms with Gasteiger partial charge in [-0.3, -0.25) is 9.59 Å². The number of thiocarbonyl (C=S) groups is 1. The summed E-state index contributed by atoms with van der Waals surface area (Å²) < 4.78 is 39.3. The Bertz CT molecular complexity index is 1670. The number of amides is 2. The van der Waals surface area contributed by atoms with Gasteiger partial charge in [-0.2, -0.15) is 13.2 Å². The Labute approximate surface area is 285 Å². The third kappa shape index (κ3) is 6.78. The van der Waals surface area contributed by atoms with Crippen molar-refractivity contribution in [3.8, 4) is 11.1 Å². The quantitative estimate of drug-likeness (QED) is 0.227. The molecule has 2 unspecified atom stereocenters. The van der Waals surface area contributed by atoms with Gasteiger partial charge in [-0.1, -0.05) is 79.5 Å². The monoisotopic (exact) mass is 674 g/mol. The summed E-state index contributed by atoms with van der Waals surface area (Å²) in [7, 11) is 2.15. The highest BCUT2D eigenvalue weighted by Gasteiger charge is 2.50. The minimum atomic E-state index is -4.43. The minimum absolute atomic E-state index is 0.0214. The first-order valence-electron chi connectivity index (χ1n) is 16.6. The summed E-state index contributed by atoms with van der Waals surface area (Å²) in [6.07, 6.45) is -0.350. The fraction of sp³-hybridized carbons (Fsp3) is 0.395. The van der Waals surface area contributed by atoms with Crippen LogP contribution in [0.4, 0.5) is 13.2 Å². The number of likely N-dealkylation sites (tertiary alicyclic amines) is 3. The van der Waals surface area contributed by atoms with Crippen LogP contribution in [0.1, 0.15) is 53.6 Å². The van der Waals surface area contributed by atoms with Crippen molar-refractivity contribution in [3.63, 3.8) is 0 Å². The van der Waals surface area contributed by atoms with Gasteiger partial charge in [0.2, 0.25) is 0 Å². The molecule has 0 radical (unpaired) electrons. The van der Waals surface area contributed by atoms with Gasteiger partial charge in [-0.15, -0.1) is 0 Å². The Kier molecular flexibility index (Phi) is 9.76. The molecular weight excluding hydrogens is 634 g/mol. The van der Waals surface area contributed by atoms with Crippen LogP contribution in [-0.4, -0.2) is 77.3 Å². The SMILES string of the molecule is C=C(NC(=S)C1CCN(C(=O)c2ccccc2-c2ccc(C(F)(F)F)cc2)CC1)C(=O)N1CCCC2(c3ccccc3)CN(C)CCC12. The average Bonchev–Trinajstić information content (AvgIpc) is 3.10. The summed E-state index contributed by atoms with van der Waals surface area (Å²) >= 11 is 5.79. The molecule has 0 spiro atoms. The minimum Gasteiger partial charge on any atom is -0.346 e. The van der Waals surface area contributed by atoms with Gasteiger partial charge < -0.3 is 20.0 Å². The number of carbonyl (C=O) groups excluding carboxylic acids is 2. The first-order valence-corrected chi connectivity index (χ1v) is 17.0. The lowest BCUT2D eigenvalue weighted by Crippen LogP contribution is -2.64. The van der Waals surface area contributed by atoms with Crippen LogP contribution in [0.3, 0.4) is 0 Å². The van der Waals surface area contributed by atoms with E-state index in [9.17, 15) is 22.8 Å². The second-order valence-corrected chi connectivity index (χ2v) is 13.8. The normalized spacial score (nSPS) is 22.1. The van der Waals surface area contributed by atoms with Crippen molar-refractivity contribution in [3.05, 3.63) is 108 Å². The van der Waals surface area contributed by atoms with Crippen LogP contribution < -0.4 is 5.32 Å². The highest BCUT2D eigenvalue weighted by atomic mass is 32.1. The van der Waals surface area contributed by atoms with E-state index in [1.54, 1.807) is 29.2 Å². The number of nitrogens with one attached hydrogen (secondary N) is 1. The maximum Gasteiger partial charge on any atom is 0.416 e. The summed E-state index contributed by atoms with van der Waals surface area (Å²) in [5.74, 6) is -0.307. The van der Waals surface area contributed by atoms with Crippen LogP contribution in [0.25, 0.3) is 11.1 Å². The zero-order chi connectivity index (χ0) is 34.1. The fourth-order valence-corrected chi connectivity index (χ4v) is 8.26. The zero-order valence-electron chi connectivity index (χ0n) is 27.1. The second kappa shape index (κ2) is 13.8. The number of rotatable bonds is 6. The van der Waals surface area contributed by atoms with E-state index in [1.807, 2.05) is 11.0 Å². The average molecular weight is 675 g/mol. The molecule has 2 amide bonds. The Morgan fingerprint density at radius 1 is 0.896 bits per heavy atom. The maximum atomic E-state index is 13.9. The van der Waals surface area contributed by atoms with Crippen molar-refractivity contribution in [1.29, 1.82) is 0 Å². The molecule has 3 heterocycles. The van der Waals surface area contributed by atoms with Crippen LogP contribution in [0.2, 0.25) is 0 Å². The van der Waals surface area contributed by atoms with E-state index < -0.39 is 11.7 Å². The van der Waals surface area contributed by atoms with E-state index in [-0.39, 0.29) is 34.9 Å². The van der Waals surface area contributed by atoms with Gasteiger partial charge in [-0.25, -0.2) is 0 Å². The van der Waals surface area contributed by atoms with Crippen LogP contribution in [-0.2, 0) is 16.4 Å². The molecule has 3 aromatic carbocycles. The molecule has 0 aliphatic carbocycles. The van der Waals surface area contributed by atoms with Crippen LogP contribution in [0, 0.1) is 5.92 Å². The van der Waals surface area contributed by atoms with E-state index in [0.29, 0.717) is 54.2 Å². The number of benzene rings is 3. The molecule has 3 fully saturated rings. The Morgan fingerprint density at radius 3 is 2.25 bits per heavy atom. The molecule has 3 saturated heterocycles. The molecule has 6 rings (SSSR count). The molecular formula is C38H41F3N4O2S. The van der Waals surface area contributed by atoms with Crippen molar-refractivity contribution in [2.45, 2.75) is 49.7 Å². The van der Waals surface area contributed by atoms with Crippen molar-refractivity contribution < 1.29 is 22.8 Å². The van der Waals surface area contributed by atoms with Gasteiger partial charge in [0.05, 0.1) is 16.2 Å². The standard InChI is InChI=1S/C38H41F3N4O2S/c1-26(35(46)45-21-8-20-37(29-9-4-3-5-10-29)25-43(2)22-19-33(37)45)42-34(48)28-17-23-44(24-18-28)36(47)32-12-7-6-11-31(32)27-13-15-30(16-14-27)38(39,40)41/h3-7,9-16,28,33H,1,8,17-25H2,2H3,(H,42,48). The summed E-state index contributed by atoms with van der Waals surface area (Å²) in [4.78, 5) is 34.3. The first kappa shape index (κ1) is 33.9. The van der Waals surface area contributed by atoms with Crippen molar-refractivity contribution in [2.75, 3.05) is 39.8 Å². The van der Waals surface area contributed by atoms with Gasteiger partial charge in [0.1, 0.15) is 0 Å². The number of hydrogen-bond acceptors (Lipinski definition) is 4. The van der Waals surface area contributed by atoms with Gasteiger partial charge in [0.25, 0.3) is 11.8 Å². The molecule has 48 heavy (non-hydrogen) atoms. The summed E-state index contributed by atoms with van der Waals surface area (Å²) in [5.41, 5.74) is 2.27. The van der Waals surface area contributed by atoms with Crippen LogP contribution in [0.5, 0.6) is 0 Å². The van der Waals surface area contributed by atoms with E-state index in [2.05, 4.69) is 48.1 Å². The third-order valence-electron chi connectivity index (χ3n) is 10.3. The van der Waals surface area contributed by atoms with E-state index >= 15 is 0 Å². The number of likely N-dealkylation sites (N-methyl/N-ethyl adjacent to an activating group) is 1. The topological polar surface area (TPSA) is 55.9 Å². The molecule has 0 aromatic heterocycles. The van der Waals surface area contributed by atoms with E-state index in [0.717, 1.165) is 44.5 Å². The molecule has 0 bridgehead atoms. The molecule has 10 heteroatoms. The summed E-state index contributed by atoms with van der Waals surface area (Å²) in [6, 6.07) is 22.5. The molecule has 252 valence electrons. The van der Waals surface area contributed by atoms with E-state index in [4.69, 9.17) is 12.2 Å². The van der Waals surface area contributed by atoms with E-state index in [1.165, 1.54) is 17.7 Å². The highest BCUT2D eigenvalue weighted by Crippen LogP contribution is 2.44. The van der Waals surface area contributed by atoms with Gasteiger partial charge in [0, 0.05) is 49.1 Å². The number of halogens is 3. The molecule has 1 N–H and O–H groups in total. The zero-order valence-corrected chi connectivity index (χ0v) is 28.0. The summed E-state index contributed by atoms with van der Waals surface area (Å²) in [5, 5.41) is 3.18. The fourth-order valence-electron chi connectivity index (χ4n) is 7.90. The largest absolute Gasteiger partial charge is 0.416 e. The molecule has 3 aliphatic heterocycles. The van der Waals surface area contributed by atoms with Crippen molar-refractivity contribution >= 4 is 29.0 Å². The van der Waals surface area contributed by atoms with Crippen molar-refractivity contribution in [2.24, 2.45) is 5.92 Å². The molecule has 0 saturated carbocycles. The van der Waals surface area contributed by atoms with Crippen molar-refractivity contribution in [1.82, 2.24) is 20.0 Å². The lowest BCUT2D eigenvalue weighted by molar-refractivity contribution is -0.137. The second-order valence-electron chi connectivity index (χ2n) is 13.3. The van der Waals surface area contributed by atoms with Gasteiger partial charge >= 0.3 is 6.18 Å². The molecule has 6 nitrogen and oxygen atoms in total. The molecule has 3 aliphatic rings. The Balaban J connectivity index is 1.08. The van der Waals surface area contributed by atoms with Crippen LogP contribution in [0.15, 0.2) is 91.1 Å². The Morgan fingerprint density at radius 2 is 1.56 bits per heavy atom. The summed E-state index contributed by atoms with van der Waals surface area (Å²) in [6.45, 7) is 7.57. The number of carbonyl (C=O) groups is 2. The number of hydrogen-bond donors (Lipinski definition) is 1. The first-order chi connectivity index (χ1) is 23.0. The van der Waals surface area contributed by atoms with Gasteiger partial charge in [-0.05, 0) is 80.6 Å². The lowest BCUT2D eigenvalue weighted by atomic mass is 9.65. The van der Waals surface area contributed by atoms with Crippen LogP contribution >= 0.6 is 12.2 Å². The number of fused-ring (bicyclic) bond motifs is 1.